The van der Waals surface area contributed by atoms with Gasteiger partial charge in [-0.3, -0.25) is 13.8 Å². The van der Waals surface area contributed by atoms with E-state index in [2.05, 4.69) is 104 Å². The second-order valence-corrected chi connectivity index (χ2v) is 26.0. The minimum absolute atomic E-state index is 0.0498. The molecule has 0 rings (SSSR count). The fourth-order valence-corrected chi connectivity index (χ4v) is 10.7. The third-order valence-corrected chi connectivity index (χ3v) is 16.2. The molecule has 8 nitrogen and oxygen atoms in total. The number of likely N-dealkylation sites (N-methyl/N-ethyl adjacent to an activating group) is 1. The molecule has 82 heavy (non-hydrogen) atoms. The third-order valence-electron chi connectivity index (χ3n) is 15.3. The van der Waals surface area contributed by atoms with Gasteiger partial charge in [0.05, 0.1) is 39.9 Å². The van der Waals surface area contributed by atoms with E-state index in [9.17, 15) is 19.4 Å². The lowest BCUT2D eigenvalue weighted by Gasteiger charge is -2.25. The zero-order valence-electron chi connectivity index (χ0n) is 54.5. The summed E-state index contributed by atoms with van der Waals surface area (Å²) < 4.78 is 23.8. The summed E-state index contributed by atoms with van der Waals surface area (Å²) in [6.07, 6.45) is 91.3. The molecule has 0 aliphatic rings. The van der Waals surface area contributed by atoms with Crippen LogP contribution in [0.4, 0.5) is 0 Å². The van der Waals surface area contributed by atoms with Crippen molar-refractivity contribution in [3.63, 3.8) is 0 Å². The summed E-state index contributed by atoms with van der Waals surface area (Å²) in [7, 11) is 1.54. The van der Waals surface area contributed by atoms with Crippen LogP contribution in [0.3, 0.4) is 0 Å². The number of aliphatic hydroxyl groups is 1. The van der Waals surface area contributed by atoms with Crippen molar-refractivity contribution < 1.29 is 32.9 Å². The van der Waals surface area contributed by atoms with Crippen molar-refractivity contribution in [2.75, 3.05) is 40.9 Å². The first-order chi connectivity index (χ1) is 40.0. The number of aliphatic hydroxyl groups excluding tert-OH is 1. The number of hydrogen-bond donors (Lipinski definition) is 3. The Hall–Kier alpha value is -2.58. The molecule has 0 aromatic heterocycles. The number of nitrogens with one attached hydrogen (secondary N) is 1. The fraction of sp³-hybridized carbons (Fsp3) is 0.767. The summed E-state index contributed by atoms with van der Waals surface area (Å²) in [4.78, 5) is 23.4. The van der Waals surface area contributed by atoms with E-state index in [0.717, 1.165) is 77.0 Å². The molecule has 0 aromatic carbocycles. The van der Waals surface area contributed by atoms with E-state index in [1.165, 1.54) is 212 Å². The molecule has 0 aromatic rings. The van der Waals surface area contributed by atoms with E-state index < -0.39 is 20.0 Å². The first kappa shape index (κ1) is 79.4. The molecule has 0 spiro atoms. The maximum absolute atomic E-state index is 13.0. The number of hydrogen-bond acceptors (Lipinski definition) is 5. The van der Waals surface area contributed by atoms with Crippen LogP contribution in [0, 0.1) is 0 Å². The van der Waals surface area contributed by atoms with Gasteiger partial charge < -0.3 is 19.8 Å². The standard InChI is InChI=1S/C73H133N2O6P/c1-6-8-10-12-14-16-18-20-22-24-26-28-30-32-34-36-37-39-40-42-44-46-48-50-52-54-56-58-60-62-64-66-72(76)71(70-81-82(78,79)80-69-68-75(3,4)5)74-73(77)67-65-63-61-59-57-55-53-51-49-47-45-43-41-38-35-33-31-29-27-25-23-21-19-17-15-13-11-9-7-2/h9,11,15,17,21,23,27,29,33,35,48,50,56,58,64,66,71-72,76H,6-8,10,12-14,16,18-20,22,24-26,28,30-32,34,36-47,49,51-55,57,59-63,65,67-70H2,1-5H3,(H-,74,77,78,79)/p+1/b11-9-,17-15-,23-21-,29-27-,35-33-,50-48+,58-56+,66-64+. The lowest BCUT2D eigenvalue weighted by atomic mass is 10.0. The number of carbonyl (C=O) groups excluding carboxylic acids is 1. The largest absolute Gasteiger partial charge is 0.472 e. The van der Waals surface area contributed by atoms with Crippen LogP contribution in [0.5, 0.6) is 0 Å². The quantitative estimate of drug-likeness (QED) is 0.0243. The highest BCUT2D eigenvalue weighted by Gasteiger charge is 2.28. The Balaban J connectivity index is 4.16. The molecule has 3 N–H and O–H groups in total. The van der Waals surface area contributed by atoms with Crippen LogP contribution in [0.1, 0.15) is 309 Å². The molecule has 0 aliphatic heterocycles. The SMILES string of the molecule is CC/C=C\C/C=C\C/C=C\C/C=C\C/C=C\CCCCCCCCCCCCCCCC(=O)NC(COP(=O)(O)OCC[N+](C)(C)C)C(O)/C=C/CC/C=C/CC/C=C/CCCCCCCCCCCCCCCCCCCCCCC. The van der Waals surface area contributed by atoms with Crippen molar-refractivity contribution in [1.82, 2.24) is 5.32 Å². The van der Waals surface area contributed by atoms with Crippen molar-refractivity contribution in [2.24, 2.45) is 0 Å². The smallest absolute Gasteiger partial charge is 0.387 e. The van der Waals surface area contributed by atoms with Gasteiger partial charge in [-0.05, 0) is 89.9 Å². The molecule has 3 unspecified atom stereocenters. The van der Waals surface area contributed by atoms with Crippen LogP contribution < -0.4 is 5.32 Å². The normalized spacial score (nSPS) is 14.3. The van der Waals surface area contributed by atoms with Gasteiger partial charge in [0.25, 0.3) is 0 Å². The summed E-state index contributed by atoms with van der Waals surface area (Å²) in [6.45, 7) is 4.70. The van der Waals surface area contributed by atoms with Gasteiger partial charge in [0.15, 0.2) is 0 Å². The number of nitrogens with zero attached hydrogens (tertiary/aromatic N) is 1. The average Bonchev–Trinajstić information content (AvgIpc) is 3.47. The summed E-state index contributed by atoms with van der Waals surface area (Å²) in [5, 5.41) is 14.0. The van der Waals surface area contributed by atoms with Crippen molar-refractivity contribution in [3.8, 4) is 0 Å². The molecule has 476 valence electrons. The number of unbranched alkanes of at least 4 members (excludes halogenated alkanes) is 36. The van der Waals surface area contributed by atoms with Crippen LogP contribution >= 0.6 is 7.82 Å². The Morgan fingerprint density at radius 2 is 0.744 bits per heavy atom. The monoisotopic (exact) mass is 1170 g/mol. The second kappa shape index (κ2) is 62.9. The maximum atomic E-state index is 13.0. The third kappa shape index (κ3) is 65.0. The molecule has 3 atom stereocenters. The number of quaternary nitrogens is 1. The lowest BCUT2D eigenvalue weighted by molar-refractivity contribution is -0.870. The van der Waals surface area contributed by atoms with E-state index in [-0.39, 0.29) is 19.1 Å². The summed E-state index contributed by atoms with van der Waals surface area (Å²) >= 11 is 0. The number of amides is 1. The molecular formula is C73H134N2O6P+. The average molecular weight is 1170 g/mol. The lowest BCUT2D eigenvalue weighted by Crippen LogP contribution is -2.45. The summed E-state index contributed by atoms with van der Waals surface area (Å²) in [5.74, 6) is -0.193. The van der Waals surface area contributed by atoms with Crippen molar-refractivity contribution in [3.05, 3.63) is 97.2 Å². The van der Waals surface area contributed by atoms with Gasteiger partial charge in [0.1, 0.15) is 13.2 Å². The van der Waals surface area contributed by atoms with Gasteiger partial charge in [0.2, 0.25) is 5.91 Å². The minimum Gasteiger partial charge on any atom is -0.387 e. The van der Waals surface area contributed by atoms with Crippen molar-refractivity contribution in [2.45, 2.75) is 321 Å². The van der Waals surface area contributed by atoms with Gasteiger partial charge in [-0.2, -0.15) is 0 Å². The Kier molecular flexibility index (Phi) is 61.0. The minimum atomic E-state index is -4.37. The van der Waals surface area contributed by atoms with Gasteiger partial charge in [-0.15, -0.1) is 0 Å². The zero-order valence-corrected chi connectivity index (χ0v) is 55.4. The molecule has 0 saturated carbocycles. The highest BCUT2D eigenvalue weighted by atomic mass is 31.2. The Morgan fingerprint density at radius 3 is 1.12 bits per heavy atom. The van der Waals surface area contributed by atoms with Crippen LogP contribution in [0.25, 0.3) is 0 Å². The first-order valence-electron chi connectivity index (χ1n) is 34.6. The molecule has 0 saturated heterocycles. The second-order valence-electron chi connectivity index (χ2n) is 24.5. The highest BCUT2D eigenvalue weighted by molar-refractivity contribution is 7.47. The number of allylic oxidation sites excluding steroid dienone is 15. The molecule has 0 radical (unpaired) electrons. The number of carbonyl (C=O) groups is 1. The van der Waals surface area contributed by atoms with Crippen LogP contribution in [-0.2, 0) is 18.4 Å². The molecule has 0 heterocycles. The number of phosphoric acid groups is 1. The predicted molar refractivity (Wildman–Crippen MR) is 359 cm³/mol. The molecule has 0 fully saturated rings. The topological polar surface area (TPSA) is 105 Å². The molecular weight excluding hydrogens is 1030 g/mol. The van der Waals surface area contributed by atoms with E-state index >= 15 is 0 Å². The van der Waals surface area contributed by atoms with Crippen LogP contribution in [-0.4, -0.2) is 73.4 Å². The molecule has 1 amide bonds. The predicted octanol–water partition coefficient (Wildman–Crippen LogP) is 22.1. The number of rotatable bonds is 63. The zero-order chi connectivity index (χ0) is 59.8. The van der Waals surface area contributed by atoms with E-state index in [1.54, 1.807) is 6.08 Å². The summed E-state index contributed by atoms with van der Waals surface area (Å²) in [5.41, 5.74) is 0. The van der Waals surface area contributed by atoms with Crippen molar-refractivity contribution in [1.29, 1.82) is 0 Å². The Morgan fingerprint density at radius 1 is 0.427 bits per heavy atom. The highest BCUT2D eigenvalue weighted by Crippen LogP contribution is 2.43. The van der Waals surface area contributed by atoms with Crippen LogP contribution in [0.2, 0.25) is 0 Å². The van der Waals surface area contributed by atoms with E-state index in [1.807, 2.05) is 27.2 Å². The Bertz CT molecular complexity index is 1660. The molecule has 9 heteroatoms. The van der Waals surface area contributed by atoms with E-state index in [4.69, 9.17) is 9.05 Å². The Labute approximate surface area is 509 Å². The van der Waals surface area contributed by atoms with Gasteiger partial charge in [-0.1, -0.05) is 310 Å². The van der Waals surface area contributed by atoms with Crippen molar-refractivity contribution >= 4 is 13.7 Å². The van der Waals surface area contributed by atoms with Gasteiger partial charge in [0, 0.05) is 6.42 Å². The van der Waals surface area contributed by atoms with Gasteiger partial charge in [-0.25, -0.2) is 4.57 Å². The van der Waals surface area contributed by atoms with Gasteiger partial charge >= 0.3 is 7.82 Å². The van der Waals surface area contributed by atoms with E-state index in [0.29, 0.717) is 17.4 Å². The summed E-state index contributed by atoms with van der Waals surface area (Å²) in [6, 6.07) is -0.878. The maximum Gasteiger partial charge on any atom is 0.472 e. The molecule has 0 bridgehead atoms. The van der Waals surface area contributed by atoms with Crippen LogP contribution in [0.15, 0.2) is 97.2 Å². The first-order valence-corrected chi connectivity index (χ1v) is 36.1. The molecule has 0 aliphatic carbocycles. The fourth-order valence-electron chi connectivity index (χ4n) is 9.93. The number of phosphoric ester groups is 1.